The summed E-state index contributed by atoms with van der Waals surface area (Å²) in [7, 11) is 0. The Balaban J connectivity index is 1.36. The van der Waals surface area contributed by atoms with Crippen LogP contribution in [-0.2, 0) is 11.3 Å². The summed E-state index contributed by atoms with van der Waals surface area (Å²) in [4.78, 5) is 13.2. The second kappa shape index (κ2) is 7.69. The Labute approximate surface area is 178 Å². The number of nitrogens with zero attached hydrogens (tertiary/aromatic N) is 1. The number of aromatic nitrogens is 1. The molecule has 0 saturated heterocycles. The highest BCUT2D eigenvalue weighted by molar-refractivity contribution is 6.30. The quantitative estimate of drug-likeness (QED) is 0.473. The third-order valence-corrected chi connectivity index (χ3v) is 5.33. The fourth-order valence-electron chi connectivity index (χ4n) is 3.62. The second-order valence-corrected chi connectivity index (χ2v) is 7.45. The lowest BCUT2D eigenvalue weighted by molar-refractivity contribution is -0.122. The number of para-hydroxylation sites is 2. The number of carbonyl (C=O) groups is 1. The van der Waals surface area contributed by atoms with Gasteiger partial charge in [-0.1, -0.05) is 53.2 Å². The summed E-state index contributed by atoms with van der Waals surface area (Å²) >= 11 is 5.93. The molecule has 0 fully saturated rings. The molecular formula is C24H17ClN2O3. The molecule has 0 saturated carbocycles. The van der Waals surface area contributed by atoms with E-state index in [1.54, 1.807) is 12.1 Å². The van der Waals surface area contributed by atoms with Crippen LogP contribution in [0.2, 0.25) is 5.02 Å². The van der Waals surface area contributed by atoms with Gasteiger partial charge in [-0.3, -0.25) is 4.79 Å². The topological polar surface area (TPSA) is 64.4 Å². The number of rotatable bonds is 4. The van der Waals surface area contributed by atoms with Crippen LogP contribution in [-0.4, -0.2) is 11.1 Å². The molecule has 0 spiro atoms. The number of hydrogen-bond acceptors (Lipinski definition) is 4. The van der Waals surface area contributed by atoms with Crippen LogP contribution in [0.15, 0.2) is 83.4 Å². The van der Waals surface area contributed by atoms with Crippen molar-refractivity contribution in [2.75, 3.05) is 0 Å². The molecule has 1 aliphatic heterocycles. The Morgan fingerprint density at radius 2 is 1.57 bits per heavy atom. The maximum atomic E-state index is 13.2. The zero-order valence-electron chi connectivity index (χ0n) is 15.8. The van der Waals surface area contributed by atoms with Crippen molar-refractivity contribution < 1.29 is 14.1 Å². The van der Waals surface area contributed by atoms with Crippen LogP contribution >= 0.6 is 11.6 Å². The molecule has 0 radical (unpaired) electrons. The van der Waals surface area contributed by atoms with Crippen LogP contribution in [0.5, 0.6) is 11.5 Å². The van der Waals surface area contributed by atoms with Crippen molar-refractivity contribution >= 4 is 17.5 Å². The zero-order valence-corrected chi connectivity index (χ0v) is 16.6. The molecule has 3 aromatic carbocycles. The molecule has 0 aliphatic carbocycles. The maximum Gasteiger partial charge on any atom is 0.232 e. The number of benzene rings is 3. The fourth-order valence-corrected chi connectivity index (χ4v) is 3.74. The van der Waals surface area contributed by atoms with E-state index in [0.29, 0.717) is 28.0 Å². The van der Waals surface area contributed by atoms with Gasteiger partial charge in [0, 0.05) is 27.8 Å². The van der Waals surface area contributed by atoms with Crippen molar-refractivity contribution in [3.05, 3.63) is 101 Å². The molecule has 6 heteroatoms. The highest BCUT2D eigenvalue weighted by Gasteiger charge is 2.32. The summed E-state index contributed by atoms with van der Waals surface area (Å²) in [6.07, 6.45) is 0. The molecule has 30 heavy (non-hydrogen) atoms. The average Bonchev–Trinajstić information content (AvgIpc) is 3.25. The highest BCUT2D eigenvalue weighted by Crippen LogP contribution is 2.43. The van der Waals surface area contributed by atoms with E-state index in [1.165, 1.54) is 0 Å². The minimum Gasteiger partial charge on any atom is -0.457 e. The Kier molecular flexibility index (Phi) is 4.73. The van der Waals surface area contributed by atoms with E-state index in [9.17, 15) is 4.79 Å². The van der Waals surface area contributed by atoms with Crippen molar-refractivity contribution in [1.29, 1.82) is 0 Å². The Morgan fingerprint density at radius 3 is 2.23 bits per heavy atom. The van der Waals surface area contributed by atoms with E-state index in [4.69, 9.17) is 20.9 Å². The first-order valence-corrected chi connectivity index (χ1v) is 9.92. The van der Waals surface area contributed by atoms with Crippen LogP contribution in [0.25, 0.3) is 11.3 Å². The molecule has 5 nitrogen and oxygen atoms in total. The Bertz CT molecular complexity index is 1170. The standard InChI is InChI=1S/C24H17ClN2O3/c25-16-11-9-15(10-12-16)22-13-17(27-30-22)14-26-24(28)23-18-5-1-3-7-20(18)29-21-8-4-2-6-19(21)23/h1-13,23H,14H2,(H,26,28). The van der Waals surface area contributed by atoms with Gasteiger partial charge in [-0.05, 0) is 36.4 Å². The maximum absolute atomic E-state index is 13.2. The Morgan fingerprint density at radius 1 is 0.933 bits per heavy atom. The molecule has 4 aromatic rings. The number of ether oxygens (including phenoxy) is 1. The smallest absolute Gasteiger partial charge is 0.232 e. The third kappa shape index (κ3) is 3.44. The lowest BCUT2D eigenvalue weighted by atomic mass is 9.87. The number of nitrogens with one attached hydrogen (secondary N) is 1. The highest BCUT2D eigenvalue weighted by atomic mass is 35.5. The van der Waals surface area contributed by atoms with Crippen LogP contribution in [0.4, 0.5) is 0 Å². The van der Waals surface area contributed by atoms with Gasteiger partial charge in [0.2, 0.25) is 5.91 Å². The number of amides is 1. The number of carbonyl (C=O) groups excluding carboxylic acids is 1. The summed E-state index contributed by atoms with van der Waals surface area (Å²) in [6, 6.07) is 24.3. The van der Waals surface area contributed by atoms with E-state index in [0.717, 1.165) is 16.7 Å². The molecule has 1 aliphatic rings. The molecule has 0 atom stereocenters. The molecule has 1 N–H and O–H groups in total. The first-order valence-electron chi connectivity index (χ1n) is 9.54. The first kappa shape index (κ1) is 18.5. The van der Waals surface area contributed by atoms with E-state index in [-0.39, 0.29) is 12.5 Å². The SMILES string of the molecule is O=C(NCc1cc(-c2ccc(Cl)cc2)on1)C1c2ccccc2Oc2ccccc21. The summed E-state index contributed by atoms with van der Waals surface area (Å²) < 4.78 is 11.4. The average molecular weight is 417 g/mol. The van der Waals surface area contributed by atoms with Gasteiger partial charge < -0.3 is 14.6 Å². The van der Waals surface area contributed by atoms with Gasteiger partial charge in [0.25, 0.3) is 0 Å². The van der Waals surface area contributed by atoms with Crippen LogP contribution in [0.3, 0.4) is 0 Å². The van der Waals surface area contributed by atoms with Crippen molar-refractivity contribution in [2.24, 2.45) is 0 Å². The fraction of sp³-hybridized carbons (Fsp3) is 0.0833. The monoisotopic (exact) mass is 416 g/mol. The lowest BCUT2D eigenvalue weighted by Crippen LogP contribution is -2.31. The minimum absolute atomic E-state index is 0.116. The van der Waals surface area contributed by atoms with Gasteiger partial charge in [0.15, 0.2) is 5.76 Å². The predicted molar refractivity (Wildman–Crippen MR) is 114 cm³/mol. The molecule has 1 amide bonds. The number of halogens is 1. The van der Waals surface area contributed by atoms with E-state index >= 15 is 0 Å². The summed E-state index contributed by atoms with van der Waals surface area (Å²) in [5.74, 6) is 1.45. The van der Waals surface area contributed by atoms with Gasteiger partial charge in [0.1, 0.15) is 17.2 Å². The Hall–Kier alpha value is -3.57. The summed E-state index contributed by atoms with van der Waals surface area (Å²) in [6.45, 7) is 0.262. The summed E-state index contributed by atoms with van der Waals surface area (Å²) in [5, 5.41) is 7.71. The molecule has 0 unspecified atom stereocenters. The minimum atomic E-state index is -0.450. The van der Waals surface area contributed by atoms with Crippen LogP contribution in [0, 0.1) is 0 Å². The van der Waals surface area contributed by atoms with Gasteiger partial charge in [-0.25, -0.2) is 0 Å². The molecule has 5 rings (SSSR count). The summed E-state index contributed by atoms with van der Waals surface area (Å²) in [5.41, 5.74) is 3.20. The normalized spacial score (nSPS) is 12.6. The second-order valence-electron chi connectivity index (χ2n) is 7.02. The lowest BCUT2D eigenvalue weighted by Gasteiger charge is -2.27. The molecule has 0 bridgehead atoms. The molecule has 1 aromatic heterocycles. The first-order chi connectivity index (χ1) is 14.7. The van der Waals surface area contributed by atoms with Gasteiger partial charge in [0.05, 0.1) is 12.5 Å². The molecule has 2 heterocycles. The van der Waals surface area contributed by atoms with Crippen molar-refractivity contribution in [2.45, 2.75) is 12.5 Å². The van der Waals surface area contributed by atoms with Crippen molar-refractivity contribution in [1.82, 2.24) is 10.5 Å². The van der Waals surface area contributed by atoms with Gasteiger partial charge in [-0.15, -0.1) is 0 Å². The van der Waals surface area contributed by atoms with Gasteiger partial charge >= 0.3 is 0 Å². The van der Waals surface area contributed by atoms with Crippen LogP contribution in [0.1, 0.15) is 22.7 Å². The van der Waals surface area contributed by atoms with E-state index in [2.05, 4.69) is 10.5 Å². The van der Waals surface area contributed by atoms with Crippen LogP contribution < -0.4 is 10.1 Å². The van der Waals surface area contributed by atoms with Crippen molar-refractivity contribution in [3.63, 3.8) is 0 Å². The molecule has 148 valence electrons. The van der Waals surface area contributed by atoms with E-state index < -0.39 is 5.92 Å². The largest absolute Gasteiger partial charge is 0.457 e. The number of fused-ring (bicyclic) bond motifs is 2. The zero-order chi connectivity index (χ0) is 20.5. The predicted octanol–water partition coefficient (Wildman–Crippen LogP) is 5.55. The molecular weight excluding hydrogens is 400 g/mol. The van der Waals surface area contributed by atoms with Gasteiger partial charge in [-0.2, -0.15) is 0 Å². The van der Waals surface area contributed by atoms with Crippen molar-refractivity contribution in [3.8, 4) is 22.8 Å². The third-order valence-electron chi connectivity index (χ3n) is 5.07. The van der Waals surface area contributed by atoms with E-state index in [1.807, 2.05) is 66.7 Å². The number of hydrogen-bond donors (Lipinski definition) is 1.